The second-order valence-electron chi connectivity index (χ2n) is 5.41. The number of fused-ring (bicyclic) bond motifs is 1. The molecule has 126 valence electrons. The summed E-state index contributed by atoms with van der Waals surface area (Å²) in [4.78, 5) is 23.0. The van der Waals surface area contributed by atoms with Gasteiger partial charge >= 0.3 is 0 Å². The van der Waals surface area contributed by atoms with Crippen molar-refractivity contribution in [3.63, 3.8) is 0 Å². The van der Waals surface area contributed by atoms with Crippen LogP contribution in [0.2, 0.25) is 0 Å². The molecular formula is C17H13N3O2S3. The Bertz CT molecular complexity index is 1110. The molecule has 25 heavy (non-hydrogen) atoms. The lowest BCUT2D eigenvalue weighted by atomic mass is 10.2. The number of aryl methyl sites for hydroxylation is 1. The van der Waals surface area contributed by atoms with E-state index in [9.17, 15) is 10.0 Å². The molecule has 0 aliphatic rings. The van der Waals surface area contributed by atoms with Crippen molar-refractivity contribution in [3.05, 3.63) is 68.2 Å². The Morgan fingerprint density at radius 1 is 1.32 bits per heavy atom. The zero-order valence-corrected chi connectivity index (χ0v) is 15.6. The van der Waals surface area contributed by atoms with Gasteiger partial charge in [-0.25, -0.2) is 4.98 Å². The predicted molar refractivity (Wildman–Crippen MR) is 103 cm³/mol. The maximum Gasteiger partial charge on any atom is 0.260 e. The van der Waals surface area contributed by atoms with Crippen molar-refractivity contribution in [2.75, 3.05) is 0 Å². The zero-order valence-electron chi connectivity index (χ0n) is 13.2. The molecule has 0 saturated heterocycles. The summed E-state index contributed by atoms with van der Waals surface area (Å²) < 4.78 is 0.809. The van der Waals surface area contributed by atoms with Crippen LogP contribution in [0.25, 0.3) is 20.7 Å². The first-order valence-electron chi connectivity index (χ1n) is 7.50. The number of thioether (sulfide) groups is 1. The van der Waals surface area contributed by atoms with Crippen molar-refractivity contribution in [1.29, 1.82) is 0 Å². The van der Waals surface area contributed by atoms with Crippen LogP contribution in [0.1, 0.15) is 10.7 Å². The molecule has 4 aromatic heterocycles. The molecule has 0 saturated carbocycles. The molecule has 0 atom stereocenters. The SMILES string of the molecule is Cc1ccc(-c2csc3nc(CSc4cccc[n+]4[O-])[nH]c(=O)c23)s1. The molecule has 8 heteroatoms. The Kier molecular flexibility index (Phi) is 4.32. The van der Waals surface area contributed by atoms with Gasteiger partial charge in [0.05, 0.1) is 11.1 Å². The summed E-state index contributed by atoms with van der Waals surface area (Å²) >= 11 is 4.49. The van der Waals surface area contributed by atoms with Crippen molar-refractivity contribution in [2.45, 2.75) is 17.7 Å². The van der Waals surface area contributed by atoms with Crippen molar-refractivity contribution in [3.8, 4) is 10.4 Å². The van der Waals surface area contributed by atoms with Gasteiger partial charge in [0, 0.05) is 32.8 Å². The number of nitrogens with zero attached hydrogens (tertiary/aromatic N) is 2. The quantitative estimate of drug-likeness (QED) is 0.327. The van der Waals surface area contributed by atoms with E-state index >= 15 is 0 Å². The molecule has 0 fully saturated rings. The Balaban J connectivity index is 1.67. The Morgan fingerprint density at radius 2 is 2.20 bits per heavy atom. The average molecular weight is 388 g/mol. The molecule has 4 heterocycles. The largest absolute Gasteiger partial charge is 0.618 e. The standard InChI is InChI=1S/C17H13N3O2S3/c1-10-5-6-12(25-10)11-8-24-17-15(11)16(21)18-13(19-17)9-23-14-4-2-3-7-20(14)22/h2-8H,9H2,1H3,(H,18,19,21). The highest BCUT2D eigenvalue weighted by atomic mass is 32.2. The zero-order chi connectivity index (χ0) is 17.4. The number of rotatable bonds is 4. The molecule has 0 bridgehead atoms. The Hall–Kier alpha value is -2.16. The van der Waals surface area contributed by atoms with Gasteiger partial charge in [0.1, 0.15) is 10.7 Å². The van der Waals surface area contributed by atoms with E-state index in [1.54, 1.807) is 23.5 Å². The van der Waals surface area contributed by atoms with E-state index in [-0.39, 0.29) is 5.56 Å². The lowest BCUT2D eigenvalue weighted by Crippen LogP contribution is -2.27. The van der Waals surface area contributed by atoms with Crippen LogP contribution >= 0.6 is 34.4 Å². The maximum absolute atomic E-state index is 12.6. The highest BCUT2D eigenvalue weighted by molar-refractivity contribution is 7.98. The molecule has 0 aromatic carbocycles. The van der Waals surface area contributed by atoms with Gasteiger partial charge in [0.15, 0.2) is 6.20 Å². The van der Waals surface area contributed by atoms with E-state index in [1.807, 2.05) is 30.5 Å². The monoisotopic (exact) mass is 387 g/mol. The van der Waals surface area contributed by atoms with Crippen molar-refractivity contribution < 1.29 is 4.73 Å². The third-order valence-electron chi connectivity index (χ3n) is 3.64. The van der Waals surface area contributed by atoms with E-state index in [1.165, 1.54) is 34.2 Å². The molecule has 0 radical (unpaired) electrons. The number of aromatic amines is 1. The lowest BCUT2D eigenvalue weighted by Gasteiger charge is -2.03. The first-order valence-corrected chi connectivity index (χ1v) is 10.2. The van der Waals surface area contributed by atoms with Gasteiger partial charge in [-0.1, -0.05) is 0 Å². The fourth-order valence-corrected chi connectivity index (χ4v) is 5.20. The van der Waals surface area contributed by atoms with E-state index in [4.69, 9.17) is 0 Å². The van der Waals surface area contributed by atoms with E-state index < -0.39 is 0 Å². The molecule has 0 aliphatic carbocycles. The summed E-state index contributed by atoms with van der Waals surface area (Å²) in [6, 6.07) is 9.32. The van der Waals surface area contributed by atoms with Crippen LogP contribution in [0.5, 0.6) is 0 Å². The summed E-state index contributed by atoms with van der Waals surface area (Å²) in [7, 11) is 0. The third-order valence-corrected chi connectivity index (χ3v) is 6.58. The summed E-state index contributed by atoms with van der Waals surface area (Å²) in [5, 5.41) is 14.9. The smallest absolute Gasteiger partial charge is 0.260 e. The number of pyridine rings is 1. The molecule has 0 spiro atoms. The lowest BCUT2D eigenvalue weighted by molar-refractivity contribution is -0.645. The first kappa shape index (κ1) is 16.3. The van der Waals surface area contributed by atoms with E-state index in [2.05, 4.69) is 9.97 Å². The fraction of sp³-hybridized carbons (Fsp3) is 0.118. The molecule has 4 aromatic rings. The van der Waals surface area contributed by atoms with Crippen LogP contribution in [0.4, 0.5) is 0 Å². The highest BCUT2D eigenvalue weighted by Crippen LogP contribution is 2.35. The van der Waals surface area contributed by atoms with Gasteiger partial charge in [-0.05, 0) is 36.9 Å². The predicted octanol–water partition coefficient (Wildman–Crippen LogP) is 3.95. The molecule has 1 N–H and O–H groups in total. The highest BCUT2D eigenvalue weighted by Gasteiger charge is 2.15. The summed E-state index contributed by atoms with van der Waals surface area (Å²) in [5.74, 6) is 1.00. The van der Waals surface area contributed by atoms with Gasteiger partial charge in [0.25, 0.3) is 10.6 Å². The van der Waals surface area contributed by atoms with Crippen molar-refractivity contribution in [1.82, 2.24) is 9.97 Å². The van der Waals surface area contributed by atoms with Crippen LogP contribution in [0.15, 0.2) is 51.7 Å². The normalized spacial score (nSPS) is 11.2. The second-order valence-corrected chi connectivity index (χ2v) is 8.55. The topological polar surface area (TPSA) is 72.7 Å². The van der Waals surface area contributed by atoms with Gasteiger partial charge in [-0.15, -0.1) is 22.7 Å². The molecule has 5 nitrogen and oxygen atoms in total. The Morgan fingerprint density at radius 3 is 2.96 bits per heavy atom. The minimum atomic E-state index is -0.133. The minimum Gasteiger partial charge on any atom is -0.618 e. The summed E-state index contributed by atoms with van der Waals surface area (Å²) in [6.07, 6.45) is 1.45. The molecule has 0 aliphatic heterocycles. The number of H-pyrrole nitrogens is 1. The minimum absolute atomic E-state index is 0.133. The molecule has 0 amide bonds. The summed E-state index contributed by atoms with van der Waals surface area (Å²) in [5.41, 5.74) is 0.803. The van der Waals surface area contributed by atoms with Gasteiger partial charge < -0.3 is 10.2 Å². The van der Waals surface area contributed by atoms with Crippen LogP contribution in [-0.4, -0.2) is 9.97 Å². The fourth-order valence-electron chi connectivity index (χ4n) is 2.49. The molecule has 0 unspecified atom stereocenters. The first-order chi connectivity index (χ1) is 12.1. The Labute approximate surface area is 155 Å². The molecular weight excluding hydrogens is 374 g/mol. The maximum atomic E-state index is 12.6. The van der Waals surface area contributed by atoms with Gasteiger partial charge in [-0.2, -0.15) is 4.73 Å². The number of hydrogen-bond donors (Lipinski definition) is 1. The van der Waals surface area contributed by atoms with Crippen LogP contribution in [0, 0.1) is 12.1 Å². The van der Waals surface area contributed by atoms with Gasteiger partial charge in [0.2, 0.25) is 0 Å². The van der Waals surface area contributed by atoms with Crippen molar-refractivity contribution >= 4 is 44.7 Å². The number of hydrogen-bond acceptors (Lipinski definition) is 6. The van der Waals surface area contributed by atoms with E-state index in [0.717, 1.165) is 20.0 Å². The second kappa shape index (κ2) is 6.62. The number of nitrogens with one attached hydrogen (secondary N) is 1. The summed E-state index contributed by atoms with van der Waals surface area (Å²) in [6.45, 7) is 2.05. The number of thiophene rings is 2. The van der Waals surface area contributed by atoms with Gasteiger partial charge in [-0.3, -0.25) is 4.79 Å². The van der Waals surface area contributed by atoms with Crippen LogP contribution in [-0.2, 0) is 5.75 Å². The third kappa shape index (κ3) is 3.20. The van der Waals surface area contributed by atoms with Crippen LogP contribution in [0.3, 0.4) is 0 Å². The van der Waals surface area contributed by atoms with Crippen molar-refractivity contribution in [2.24, 2.45) is 0 Å². The average Bonchev–Trinajstić information content (AvgIpc) is 3.20. The number of aromatic nitrogens is 3. The van der Waals surface area contributed by atoms with E-state index in [0.29, 0.717) is 22.0 Å². The van der Waals surface area contributed by atoms with Crippen LogP contribution < -0.4 is 10.3 Å². The molecule has 4 rings (SSSR count).